The number of phosphoric acid groups is 1. The first-order valence-corrected chi connectivity index (χ1v) is 24.5. The topological polar surface area (TPSA) is 160 Å². The van der Waals surface area contributed by atoms with Crippen LogP contribution in [0.3, 0.4) is 0 Å². The van der Waals surface area contributed by atoms with Crippen LogP contribution in [0.25, 0.3) is 0 Å². The number of aliphatic hydroxyl groups excluding tert-OH is 2. The van der Waals surface area contributed by atoms with E-state index in [1.165, 1.54) is 96.3 Å². The summed E-state index contributed by atoms with van der Waals surface area (Å²) in [5, 5.41) is 20.1. The Morgan fingerprint density at radius 1 is 0.552 bits per heavy atom. The summed E-state index contributed by atoms with van der Waals surface area (Å²) in [6.45, 7) is 5.77. The smallest absolute Gasteiger partial charge is 0.462 e. The van der Waals surface area contributed by atoms with Crippen LogP contribution in [0.15, 0.2) is 48.6 Å². The van der Waals surface area contributed by atoms with Crippen LogP contribution in [0.1, 0.15) is 201 Å². The number of hydrogen-bond acceptors (Lipinski definition) is 8. The average Bonchev–Trinajstić information content (AvgIpc) is 3.17. The van der Waals surface area contributed by atoms with Gasteiger partial charge in [0.1, 0.15) is 6.61 Å². The third-order valence-corrected chi connectivity index (χ3v) is 10.5. The average molecular weight is 841 g/mol. The summed E-state index contributed by atoms with van der Waals surface area (Å²) < 4.78 is 26.3. The zero-order valence-corrected chi connectivity index (χ0v) is 37.7. The van der Waals surface area contributed by atoms with Crippen LogP contribution in [-0.2, 0) is 28.2 Å². The molecule has 0 saturated carbocycles. The fraction of sp³-hybridized carbons (Fsp3) is 0.787. The number of carbonyl (C=O) groups excluding carboxylic acids is 2. The highest BCUT2D eigenvalue weighted by Gasteiger charge is 2.23. The highest BCUT2D eigenvalue weighted by atomic mass is 31.2. The van der Waals surface area contributed by atoms with E-state index in [1.54, 1.807) is 18.2 Å². The van der Waals surface area contributed by atoms with Crippen molar-refractivity contribution in [1.29, 1.82) is 0 Å². The van der Waals surface area contributed by atoms with Crippen LogP contribution in [-0.4, -0.2) is 63.5 Å². The number of hydrogen-bond donors (Lipinski definition) is 4. The van der Waals surface area contributed by atoms with Crippen LogP contribution < -0.4 is 0 Å². The maximum absolute atomic E-state index is 12.4. The molecular formula is C47H85O10P. The zero-order chi connectivity index (χ0) is 43.0. The Labute approximate surface area is 353 Å². The van der Waals surface area contributed by atoms with E-state index < -0.39 is 44.7 Å². The number of phosphoric ester groups is 1. The van der Waals surface area contributed by atoms with Gasteiger partial charge in [0.15, 0.2) is 6.10 Å². The molecule has 338 valence electrons. The molecular weight excluding hydrogens is 755 g/mol. The minimum absolute atomic E-state index is 0.0360. The van der Waals surface area contributed by atoms with Gasteiger partial charge < -0.3 is 29.5 Å². The molecule has 0 aromatic carbocycles. The van der Waals surface area contributed by atoms with Crippen LogP contribution in [0.2, 0.25) is 0 Å². The number of esters is 2. The second kappa shape index (κ2) is 40.3. The standard InChI is InChI=1S/C47H85O10P/c1-4-5-27-34-43(48)35-29-24-20-18-21-25-30-36-44(49)37-32-39-47(51)57-45(41-56-58(52,53)54)40-55-46(50)38-31-26-22-17-15-13-11-9-7-6-8-10-12-14-16-19-23-28-33-42(2)3/h20-21,24-25,29-30,35-36,42-45,48-49H,4-19,22-23,26-28,31-34,37-41H2,1-3H3,(H2,52,53,54)/b24-20-,25-21-,35-29+,36-30+/t43-,44-,45-/m1/s1. The number of ether oxygens (including phenoxy) is 2. The van der Waals surface area contributed by atoms with Crippen LogP contribution >= 0.6 is 7.82 Å². The third-order valence-electron chi connectivity index (χ3n) is 9.99. The fourth-order valence-corrected chi connectivity index (χ4v) is 6.84. The lowest BCUT2D eigenvalue weighted by atomic mass is 10.0. The van der Waals surface area contributed by atoms with Gasteiger partial charge in [-0.05, 0) is 38.0 Å². The van der Waals surface area contributed by atoms with Gasteiger partial charge in [0.25, 0.3) is 0 Å². The van der Waals surface area contributed by atoms with Crippen molar-refractivity contribution in [2.24, 2.45) is 5.92 Å². The molecule has 11 heteroatoms. The summed E-state index contributed by atoms with van der Waals surface area (Å²) in [6.07, 6.45) is 41.9. The molecule has 0 aliphatic heterocycles. The van der Waals surface area contributed by atoms with Crippen molar-refractivity contribution in [3.8, 4) is 0 Å². The molecule has 0 rings (SSSR count). The molecule has 0 amide bonds. The number of allylic oxidation sites excluding steroid dienone is 6. The van der Waals surface area contributed by atoms with E-state index in [0.717, 1.165) is 50.9 Å². The van der Waals surface area contributed by atoms with Crippen molar-refractivity contribution in [3.05, 3.63) is 48.6 Å². The highest BCUT2D eigenvalue weighted by Crippen LogP contribution is 2.36. The molecule has 0 aromatic rings. The minimum Gasteiger partial charge on any atom is -0.462 e. The van der Waals surface area contributed by atoms with Crippen molar-refractivity contribution in [2.45, 2.75) is 219 Å². The van der Waals surface area contributed by atoms with E-state index in [4.69, 9.17) is 19.3 Å². The van der Waals surface area contributed by atoms with Crippen LogP contribution in [0.4, 0.5) is 0 Å². The van der Waals surface area contributed by atoms with Crippen molar-refractivity contribution < 1.29 is 48.2 Å². The maximum Gasteiger partial charge on any atom is 0.469 e. The number of aliphatic hydroxyl groups is 2. The van der Waals surface area contributed by atoms with Crippen molar-refractivity contribution in [1.82, 2.24) is 0 Å². The van der Waals surface area contributed by atoms with Gasteiger partial charge in [-0.2, -0.15) is 0 Å². The first kappa shape index (κ1) is 55.9. The van der Waals surface area contributed by atoms with Crippen molar-refractivity contribution >= 4 is 19.8 Å². The first-order chi connectivity index (χ1) is 27.9. The Morgan fingerprint density at radius 2 is 0.983 bits per heavy atom. The molecule has 0 aliphatic carbocycles. The summed E-state index contributed by atoms with van der Waals surface area (Å²) in [7, 11) is -4.82. The molecule has 0 aliphatic rings. The molecule has 0 spiro atoms. The molecule has 0 saturated heterocycles. The number of unbranched alkanes of at least 4 members (excludes halogenated alkanes) is 19. The predicted octanol–water partition coefficient (Wildman–Crippen LogP) is 12.1. The molecule has 0 heterocycles. The Balaban J connectivity index is 4.05. The summed E-state index contributed by atoms with van der Waals surface area (Å²) in [4.78, 5) is 43.0. The van der Waals surface area contributed by atoms with Crippen molar-refractivity contribution in [3.63, 3.8) is 0 Å². The van der Waals surface area contributed by atoms with E-state index in [9.17, 15) is 24.4 Å². The van der Waals surface area contributed by atoms with Gasteiger partial charge in [-0.3, -0.25) is 14.1 Å². The fourth-order valence-electron chi connectivity index (χ4n) is 6.48. The summed E-state index contributed by atoms with van der Waals surface area (Å²) in [5.74, 6) is -0.267. The summed E-state index contributed by atoms with van der Waals surface area (Å²) in [6, 6.07) is 0. The molecule has 4 N–H and O–H groups in total. The van der Waals surface area contributed by atoms with E-state index >= 15 is 0 Å². The third kappa shape index (κ3) is 43.5. The van der Waals surface area contributed by atoms with Gasteiger partial charge in [-0.25, -0.2) is 4.57 Å². The van der Waals surface area contributed by atoms with Gasteiger partial charge in [-0.1, -0.05) is 204 Å². The SMILES string of the molecule is CCCCC[C@@H](O)/C=C/C=C\C/C=C\C=C\[C@@H](O)CCCC(=O)O[C@H](COC(=O)CCCCCCCCCCCCCCCCCCCCC(C)C)COP(=O)(O)O. The Kier molecular flexibility index (Phi) is 38.9. The van der Waals surface area contributed by atoms with E-state index in [0.29, 0.717) is 25.7 Å². The van der Waals surface area contributed by atoms with E-state index in [1.807, 2.05) is 30.4 Å². The molecule has 10 nitrogen and oxygen atoms in total. The quantitative estimate of drug-likeness (QED) is 0.0202. The van der Waals surface area contributed by atoms with Crippen LogP contribution in [0, 0.1) is 5.92 Å². The lowest BCUT2D eigenvalue weighted by Crippen LogP contribution is -2.29. The second-order valence-electron chi connectivity index (χ2n) is 16.3. The van der Waals surface area contributed by atoms with Gasteiger partial charge in [0.05, 0.1) is 18.8 Å². The largest absolute Gasteiger partial charge is 0.469 e. The van der Waals surface area contributed by atoms with Gasteiger partial charge in [0.2, 0.25) is 0 Å². The molecule has 3 atom stereocenters. The molecule has 0 unspecified atom stereocenters. The van der Waals surface area contributed by atoms with Gasteiger partial charge >= 0.3 is 19.8 Å². The minimum atomic E-state index is -4.82. The monoisotopic (exact) mass is 841 g/mol. The second-order valence-corrected chi connectivity index (χ2v) is 17.5. The Bertz CT molecular complexity index is 1130. The van der Waals surface area contributed by atoms with Crippen LogP contribution in [0.5, 0.6) is 0 Å². The Morgan fingerprint density at radius 3 is 1.45 bits per heavy atom. The number of rotatable bonds is 41. The molecule has 0 bridgehead atoms. The first-order valence-electron chi connectivity index (χ1n) is 23.0. The lowest BCUT2D eigenvalue weighted by Gasteiger charge is -2.18. The normalized spacial score (nSPS) is 14.1. The zero-order valence-electron chi connectivity index (χ0n) is 36.8. The Hall–Kier alpha value is -2.07. The van der Waals surface area contributed by atoms with E-state index in [2.05, 4.69) is 25.3 Å². The maximum atomic E-state index is 12.4. The summed E-state index contributed by atoms with van der Waals surface area (Å²) in [5.41, 5.74) is 0. The number of carbonyl (C=O) groups is 2. The van der Waals surface area contributed by atoms with E-state index in [-0.39, 0.29) is 19.4 Å². The molecule has 0 fully saturated rings. The van der Waals surface area contributed by atoms with Gasteiger partial charge in [-0.15, -0.1) is 0 Å². The van der Waals surface area contributed by atoms with Crippen molar-refractivity contribution in [2.75, 3.05) is 13.2 Å². The summed E-state index contributed by atoms with van der Waals surface area (Å²) >= 11 is 0. The molecule has 0 aromatic heterocycles. The van der Waals surface area contributed by atoms with Gasteiger partial charge in [0, 0.05) is 12.8 Å². The molecule has 0 radical (unpaired) electrons. The lowest BCUT2D eigenvalue weighted by molar-refractivity contribution is -0.161. The molecule has 58 heavy (non-hydrogen) atoms. The predicted molar refractivity (Wildman–Crippen MR) is 237 cm³/mol. The highest BCUT2D eigenvalue weighted by molar-refractivity contribution is 7.46.